The third-order valence-corrected chi connectivity index (χ3v) is 4.03. The predicted octanol–water partition coefficient (Wildman–Crippen LogP) is 4.22. The summed E-state index contributed by atoms with van der Waals surface area (Å²) in [6.45, 7) is 2.55. The molecule has 0 aliphatic rings. The zero-order valence-electron chi connectivity index (χ0n) is 14.4. The highest BCUT2D eigenvalue weighted by molar-refractivity contribution is 6.31. The van der Waals surface area contributed by atoms with Gasteiger partial charge in [0.05, 0.1) is 17.1 Å². The number of ether oxygens (including phenoxy) is 2. The third kappa shape index (κ3) is 4.93. The fourth-order valence-corrected chi connectivity index (χ4v) is 2.64. The predicted molar refractivity (Wildman–Crippen MR) is 98.7 cm³/mol. The SMILES string of the molecule is COCCNc1ccc([N+](=O)[O-])cc1C(=O)O[C@H](C)c1ccccc1Cl. The van der Waals surface area contributed by atoms with Crippen LogP contribution >= 0.6 is 11.6 Å². The van der Waals surface area contributed by atoms with E-state index in [2.05, 4.69) is 5.32 Å². The molecule has 0 aliphatic carbocycles. The number of halogens is 1. The van der Waals surface area contributed by atoms with E-state index in [0.717, 1.165) is 0 Å². The van der Waals surface area contributed by atoms with Crippen LogP contribution in [-0.2, 0) is 9.47 Å². The van der Waals surface area contributed by atoms with Crippen molar-refractivity contribution >= 4 is 28.9 Å². The fourth-order valence-electron chi connectivity index (χ4n) is 2.35. The average molecular weight is 379 g/mol. The topological polar surface area (TPSA) is 90.7 Å². The number of nitrogens with one attached hydrogen (secondary N) is 1. The smallest absolute Gasteiger partial charge is 0.341 e. The van der Waals surface area contributed by atoms with Gasteiger partial charge in [-0.3, -0.25) is 10.1 Å². The van der Waals surface area contributed by atoms with E-state index >= 15 is 0 Å². The van der Waals surface area contributed by atoms with E-state index < -0.39 is 17.0 Å². The van der Waals surface area contributed by atoms with Crippen LogP contribution in [0.2, 0.25) is 5.02 Å². The molecule has 138 valence electrons. The number of carbonyl (C=O) groups is 1. The molecule has 0 unspecified atom stereocenters. The molecule has 0 fully saturated rings. The van der Waals surface area contributed by atoms with E-state index in [1.807, 2.05) is 0 Å². The highest BCUT2D eigenvalue weighted by Crippen LogP contribution is 2.28. The van der Waals surface area contributed by atoms with Gasteiger partial charge in [0.25, 0.3) is 5.69 Å². The van der Waals surface area contributed by atoms with Crippen LogP contribution in [0.5, 0.6) is 0 Å². The molecule has 0 aliphatic heterocycles. The summed E-state index contributed by atoms with van der Waals surface area (Å²) < 4.78 is 10.4. The second-order valence-corrected chi connectivity index (χ2v) is 5.88. The highest BCUT2D eigenvalue weighted by Gasteiger charge is 2.21. The minimum atomic E-state index is -0.680. The molecule has 2 aromatic rings. The van der Waals surface area contributed by atoms with Gasteiger partial charge in [-0.2, -0.15) is 0 Å². The molecule has 0 bridgehead atoms. The zero-order valence-corrected chi connectivity index (χ0v) is 15.2. The van der Waals surface area contributed by atoms with Crippen LogP contribution in [-0.4, -0.2) is 31.2 Å². The van der Waals surface area contributed by atoms with Gasteiger partial charge in [0.15, 0.2) is 0 Å². The Morgan fingerprint density at radius 1 is 1.31 bits per heavy atom. The lowest BCUT2D eigenvalue weighted by Gasteiger charge is -2.17. The number of rotatable bonds is 8. The molecule has 7 nitrogen and oxygen atoms in total. The number of methoxy groups -OCH3 is 1. The number of non-ortho nitro benzene ring substituents is 1. The number of anilines is 1. The van der Waals surface area contributed by atoms with E-state index in [1.165, 1.54) is 18.2 Å². The van der Waals surface area contributed by atoms with Crippen molar-refractivity contribution in [3.05, 3.63) is 68.7 Å². The average Bonchev–Trinajstić information content (AvgIpc) is 2.62. The lowest BCUT2D eigenvalue weighted by molar-refractivity contribution is -0.384. The number of nitro benzene ring substituents is 1. The molecule has 0 amide bonds. The number of benzene rings is 2. The van der Waals surface area contributed by atoms with Gasteiger partial charge in [0.2, 0.25) is 0 Å². The van der Waals surface area contributed by atoms with Crippen molar-refractivity contribution in [3.63, 3.8) is 0 Å². The Labute approximate surface area is 156 Å². The van der Waals surface area contributed by atoms with Crippen LogP contribution < -0.4 is 5.32 Å². The normalized spacial score (nSPS) is 11.7. The Morgan fingerprint density at radius 2 is 2.04 bits per heavy atom. The minimum Gasteiger partial charge on any atom is -0.454 e. The van der Waals surface area contributed by atoms with Crippen LogP contribution in [0.15, 0.2) is 42.5 Å². The molecule has 0 saturated heterocycles. The quantitative estimate of drug-likeness (QED) is 0.320. The third-order valence-electron chi connectivity index (χ3n) is 3.68. The van der Waals surface area contributed by atoms with Gasteiger partial charge in [-0.25, -0.2) is 4.79 Å². The first-order valence-electron chi connectivity index (χ1n) is 7.90. The van der Waals surface area contributed by atoms with Gasteiger partial charge in [0, 0.05) is 42.1 Å². The maximum Gasteiger partial charge on any atom is 0.341 e. The van der Waals surface area contributed by atoms with Gasteiger partial charge in [-0.1, -0.05) is 29.8 Å². The first-order chi connectivity index (χ1) is 12.4. The Hall–Kier alpha value is -2.64. The van der Waals surface area contributed by atoms with Crippen LogP contribution in [0.1, 0.15) is 28.9 Å². The summed E-state index contributed by atoms with van der Waals surface area (Å²) in [5.74, 6) is -0.680. The largest absolute Gasteiger partial charge is 0.454 e. The van der Waals surface area contributed by atoms with Crippen molar-refractivity contribution < 1.29 is 19.2 Å². The van der Waals surface area contributed by atoms with Crippen LogP contribution in [0, 0.1) is 10.1 Å². The number of carbonyl (C=O) groups excluding carboxylic acids is 1. The van der Waals surface area contributed by atoms with Crippen molar-refractivity contribution in [1.82, 2.24) is 0 Å². The molecule has 2 aromatic carbocycles. The fraction of sp³-hybridized carbons (Fsp3) is 0.278. The molecule has 1 N–H and O–H groups in total. The van der Waals surface area contributed by atoms with Crippen LogP contribution in [0.4, 0.5) is 11.4 Å². The summed E-state index contributed by atoms with van der Waals surface area (Å²) >= 11 is 6.12. The van der Waals surface area contributed by atoms with Crippen molar-refractivity contribution in [1.29, 1.82) is 0 Å². The number of hydrogen-bond acceptors (Lipinski definition) is 6. The standard InChI is InChI=1S/C18H19ClN2O5/c1-12(14-5-3-4-6-16(14)19)26-18(22)15-11-13(21(23)24)7-8-17(15)20-9-10-25-2/h3-8,11-12,20H,9-10H2,1-2H3/t12-/m1/s1. The Morgan fingerprint density at radius 3 is 2.69 bits per heavy atom. The first kappa shape index (κ1) is 19.7. The van der Waals surface area contributed by atoms with Gasteiger partial charge >= 0.3 is 5.97 Å². The zero-order chi connectivity index (χ0) is 19.1. The molecule has 0 heterocycles. The summed E-state index contributed by atoms with van der Waals surface area (Å²) in [6.07, 6.45) is -0.609. The second-order valence-electron chi connectivity index (χ2n) is 5.48. The molecule has 26 heavy (non-hydrogen) atoms. The van der Waals surface area contributed by atoms with Crippen molar-refractivity contribution in [2.75, 3.05) is 25.6 Å². The first-order valence-corrected chi connectivity index (χ1v) is 8.28. The van der Waals surface area contributed by atoms with E-state index in [4.69, 9.17) is 21.1 Å². The Balaban J connectivity index is 2.25. The van der Waals surface area contributed by atoms with Crippen molar-refractivity contribution in [2.45, 2.75) is 13.0 Å². The molecule has 1 atom stereocenters. The van der Waals surface area contributed by atoms with E-state index in [-0.39, 0.29) is 11.3 Å². The van der Waals surface area contributed by atoms with Crippen LogP contribution in [0.3, 0.4) is 0 Å². The lowest BCUT2D eigenvalue weighted by atomic mass is 10.1. The molecule has 0 aromatic heterocycles. The maximum absolute atomic E-state index is 12.6. The molecular formula is C18H19ClN2O5. The number of esters is 1. The Bertz CT molecular complexity index is 797. The van der Waals surface area contributed by atoms with Gasteiger partial charge < -0.3 is 14.8 Å². The van der Waals surface area contributed by atoms with Crippen molar-refractivity contribution in [3.8, 4) is 0 Å². The molecular weight excluding hydrogens is 360 g/mol. The van der Waals surface area contributed by atoms with Crippen LogP contribution in [0.25, 0.3) is 0 Å². The summed E-state index contributed by atoms with van der Waals surface area (Å²) in [4.78, 5) is 23.1. The highest BCUT2D eigenvalue weighted by atomic mass is 35.5. The molecule has 0 radical (unpaired) electrons. The molecule has 0 spiro atoms. The monoisotopic (exact) mass is 378 g/mol. The Kier molecular flexibility index (Phi) is 6.94. The van der Waals surface area contributed by atoms with Crippen molar-refractivity contribution in [2.24, 2.45) is 0 Å². The second kappa shape index (κ2) is 9.17. The van der Waals surface area contributed by atoms with Gasteiger partial charge in [0.1, 0.15) is 6.10 Å². The van der Waals surface area contributed by atoms with Gasteiger partial charge in [-0.05, 0) is 19.1 Å². The summed E-state index contributed by atoms with van der Waals surface area (Å²) in [7, 11) is 1.55. The van der Waals surface area contributed by atoms with E-state index in [1.54, 1.807) is 38.3 Å². The lowest BCUT2D eigenvalue weighted by Crippen LogP contribution is -2.15. The van der Waals surface area contributed by atoms with E-state index in [9.17, 15) is 14.9 Å². The minimum absolute atomic E-state index is 0.0780. The molecule has 8 heteroatoms. The van der Waals surface area contributed by atoms with Gasteiger partial charge in [-0.15, -0.1) is 0 Å². The summed E-state index contributed by atoms with van der Waals surface area (Å²) in [5, 5.41) is 14.5. The molecule has 2 rings (SSSR count). The summed E-state index contributed by atoms with van der Waals surface area (Å²) in [6, 6.07) is 11.0. The number of nitrogens with zero attached hydrogens (tertiary/aromatic N) is 1. The number of nitro groups is 1. The van der Waals surface area contributed by atoms with E-state index in [0.29, 0.717) is 29.4 Å². The molecule has 0 saturated carbocycles. The summed E-state index contributed by atoms with van der Waals surface area (Å²) in [5.41, 5.74) is 0.972. The maximum atomic E-state index is 12.6. The number of hydrogen-bond donors (Lipinski definition) is 1.